The Morgan fingerprint density at radius 1 is 1.14 bits per heavy atom. The van der Waals surface area contributed by atoms with Crippen LogP contribution >= 0.6 is 23.2 Å². The van der Waals surface area contributed by atoms with E-state index in [2.05, 4.69) is 15.6 Å². The van der Waals surface area contributed by atoms with Crippen LogP contribution < -0.4 is 0 Å². The van der Waals surface area contributed by atoms with E-state index >= 15 is 0 Å². The second-order valence-corrected chi connectivity index (χ2v) is 5.41. The molecule has 0 bridgehead atoms. The molecule has 3 aromatic rings. The zero-order valence-electron chi connectivity index (χ0n) is 11.1. The van der Waals surface area contributed by atoms with Gasteiger partial charge in [0.1, 0.15) is 5.82 Å². The van der Waals surface area contributed by atoms with Crippen molar-refractivity contribution in [1.29, 1.82) is 5.26 Å². The number of hydrogen-bond acceptors (Lipinski definition) is 2. The highest BCUT2D eigenvalue weighted by Gasteiger charge is 2.12. The minimum absolute atomic E-state index is 0.493. The zero-order valence-corrected chi connectivity index (χ0v) is 12.6. The summed E-state index contributed by atoms with van der Waals surface area (Å²) in [6.45, 7) is 0. The summed E-state index contributed by atoms with van der Waals surface area (Å²) in [7, 11) is 0. The zero-order chi connectivity index (χ0) is 14.8. The van der Waals surface area contributed by atoms with E-state index in [1.54, 1.807) is 12.1 Å². The van der Waals surface area contributed by atoms with Gasteiger partial charge in [-0.1, -0.05) is 11.6 Å². The van der Waals surface area contributed by atoms with Gasteiger partial charge >= 0.3 is 0 Å². The van der Waals surface area contributed by atoms with Crippen molar-refractivity contribution in [3.63, 3.8) is 0 Å². The molecule has 0 spiro atoms. The van der Waals surface area contributed by atoms with Crippen LogP contribution in [0.25, 0.3) is 16.7 Å². The van der Waals surface area contributed by atoms with Gasteiger partial charge in [-0.2, -0.15) is 5.26 Å². The molecule has 0 radical (unpaired) electrons. The van der Waals surface area contributed by atoms with Gasteiger partial charge in [0, 0.05) is 23.0 Å². The fourth-order valence-corrected chi connectivity index (χ4v) is 2.66. The largest absolute Gasteiger partial charge is 0.296 e. The number of benzene rings is 2. The van der Waals surface area contributed by atoms with Gasteiger partial charge in [-0.25, -0.2) is 4.98 Å². The van der Waals surface area contributed by atoms with E-state index in [1.807, 2.05) is 30.3 Å². The Labute approximate surface area is 132 Å². The standard InChI is InChI=1S/C16H11Cl2N3/c17-8-7-16-20-14-9-12(18)3-6-15(14)21(16)13-4-1-11(10-19)2-5-13/h1-6,9H,7-8H2. The van der Waals surface area contributed by atoms with E-state index in [-0.39, 0.29) is 0 Å². The second kappa shape index (κ2) is 5.77. The predicted molar refractivity (Wildman–Crippen MR) is 85.2 cm³/mol. The molecule has 21 heavy (non-hydrogen) atoms. The van der Waals surface area contributed by atoms with Crippen LogP contribution in [0.15, 0.2) is 42.5 Å². The highest BCUT2D eigenvalue weighted by atomic mass is 35.5. The van der Waals surface area contributed by atoms with Crippen molar-refractivity contribution in [2.24, 2.45) is 0 Å². The van der Waals surface area contributed by atoms with Crippen LogP contribution in [0.4, 0.5) is 0 Å². The number of aromatic nitrogens is 2. The molecule has 0 aliphatic carbocycles. The molecule has 1 heterocycles. The number of rotatable bonds is 3. The molecule has 104 valence electrons. The molecule has 0 unspecified atom stereocenters. The average Bonchev–Trinajstić information content (AvgIpc) is 2.85. The number of nitriles is 1. The van der Waals surface area contributed by atoms with Gasteiger partial charge in [-0.05, 0) is 42.5 Å². The molecule has 1 aromatic heterocycles. The van der Waals surface area contributed by atoms with Gasteiger partial charge in [0.15, 0.2) is 0 Å². The molecule has 3 nitrogen and oxygen atoms in total. The average molecular weight is 316 g/mol. The van der Waals surface area contributed by atoms with E-state index < -0.39 is 0 Å². The van der Waals surface area contributed by atoms with Crippen molar-refractivity contribution in [3.8, 4) is 11.8 Å². The molecule has 0 saturated carbocycles. The Bertz CT molecular complexity index is 829. The highest BCUT2D eigenvalue weighted by Crippen LogP contribution is 2.25. The Morgan fingerprint density at radius 3 is 2.57 bits per heavy atom. The summed E-state index contributed by atoms with van der Waals surface area (Å²) in [6, 6.07) is 15.2. The van der Waals surface area contributed by atoms with Crippen LogP contribution in [-0.4, -0.2) is 15.4 Å². The molecular formula is C16H11Cl2N3. The number of fused-ring (bicyclic) bond motifs is 1. The third kappa shape index (κ3) is 2.61. The molecule has 5 heteroatoms. The topological polar surface area (TPSA) is 41.6 Å². The first-order valence-corrected chi connectivity index (χ1v) is 7.37. The molecule has 0 aliphatic rings. The number of halogens is 2. The monoisotopic (exact) mass is 315 g/mol. The van der Waals surface area contributed by atoms with Crippen molar-refractivity contribution in [2.75, 3.05) is 5.88 Å². The van der Waals surface area contributed by atoms with Crippen molar-refractivity contribution >= 4 is 34.2 Å². The van der Waals surface area contributed by atoms with Gasteiger partial charge in [0.2, 0.25) is 0 Å². The lowest BCUT2D eigenvalue weighted by Crippen LogP contribution is -2.02. The minimum Gasteiger partial charge on any atom is -0.296 e. The van der Waals surface area contributed by atoms with Crippen LogP contribution in [0, 0.1) is 11.3 Å². The number of imidazole rings is 1. The Balaban J connectivity index is 2.22. The molecular weight excluding hydrogens is 305 g/mol. The first-order valence-electron chi connectivity index (χ1n) is 6.46. The van der Waals surface area contributed by atoms with Crippen LogP contribution in [0.5, 0.6) is 0 Å². The van der Waals surface area contributed by atoms with Crippen LogP contribution in [0.1, 0.15) is 11.4 Å². The van der Waals surface area contributed by atoms with Gasteiger partial charge in [-0.3, -0.25) is 4.57 Å². The van der Waals surface area contributed by atoms with Crippen molar-refractivity contribution in [3.05, 3.63) is 58.9 Å². The van der Waals surface area contributed by atoms with E-state index in [0.717, 1.165) is 22.5 Å². The lowest BCUT2D eigenvalue weighted by Gasteiger charge is -2.08. The summed E-state index contributed by atoms with van der Waals surface area (Å²) < 4.78 is 2.05. The number of nitrogens with zero attached hydrogens (tertiary/aromatic N) is 3. The number of alkyl halides is 1. The third-order valence-corrected chi connectivity index (χ3v) is 3.68. The summed E-state index contributed by atoms with van der Waals surface area (Å²) in [5, 5.41) is 9.56. The summed E-state index contributed by atoms with van der Waals surface area (Å²) in [6.07, 6.45) is 0.661. The van der Waals surface area contributed by atoms with Gasteiger partial charge in [-0.15, -0.1) is 11.6 Å². The fourth-order valence-electron chi connectivity index (χ4n) is 2.33. The molecule has 0 saturated heterocycles. The lowest BCUT2D eigenvalue weighted by atomic mass is 10.2. The number of aryl methyl sites for hydroxylation is 1. The third-order valence-electron chi connectivity index (χ3n) is 3.26. The Hall–Kier alpha value is -2.02. The van der Waals surface area contributed by atoms with Gasteiger partial charge in [0.05, 0.1) is 22.7 Å². The molecule has 3 rings (SSSR count). The summed E-state index contributed by atoms with van der Waals surface area (Å²) in [5.74, 6) is 1.37. The maximum Gasteiger partial charge on any atom is 0.115 e. The van der Waals surface area contributed by atoms with E-state index in [9.17, 15) is 0 Å². The first-order chi connectivity index (χ1) is 10.2. The van der Waals surface area contributed by atoms with Crippen molar-refractivity contribution < 1.29 is 0 Å². The summed E-state index contributed by atoms with van der Waals surface area (Å²) >= 11 is 11.9. The molecule has 0 fully saturated rings. The summed E-state index contributed by atoms with van der Waals surface area (Å²) in [4.78, 5) is 4.61. The second-order valence-electron chi connectivity index (χ2n) is 4.59. The molecule has 0 atom stereocenters. The molecule has 0 N–H and O–H groups in total. The van der Waals surface area contributed by atoms with E-state index in [0.29, 0.717) is 22.9 Å². The molecule has 0 amide bonds. The van der Waals surface area contributed by atoms with E-state index in [4.69, 9.17) is 28.5 Å². The minimum atomic E-state index is 0.493. The Kier molecular flexibility index (Phi) is 3.83. The summed E-state index contributed by atoms with van der Waals surface area (Å²) in [5.41, 5.74) is 3.40. The van der Waals surface area contributed by atoms with Crippen LogP contribution in [-0.2, 0) is 6.42 Å². The maximum absolute atomic E-state index is 8.90. The highest BCUT2D eigenvalue weighted by molar-refractivity contribution is 6.31. The molecule has 2 aromatic carbocycles. The quantitative estimate of drug-likeness (QED) is 0.675. The number of hydrogen-bond donors (Lipinski definition) is 0. The van der Waals surface area contributed by atoms with Crippen molar-refractivity contribution in [1.82, 2.24) is 9.55 Å². The smallest absolute Gasteiger partial charge is 0.115 e. The van der Waals surface area contributed by atoms with Crippen molar-refractivity contribution in [2.45, 2.75) is 6.42 Å². The normalized spacial score (nSPS) is 10.7. The van der Waals surface area contributed by atoms with Gasteiger partial charge in [0.25, 0.3) is 0 Å². The first kappa shape index (κ1) is 13.9. The maximum atomic E-state index is 8.90. The van der Waals surface area contributed by atoms with Crippen LogP contribution in [0.2, 0.25) is 5.02 Å². The SMILES string of the molecule is N#Cc1ccc(-n2c(CCCl)nc3cc(Cl)ccc32)cc1. The van der Waals surface area contributed by atoms with Gasteiger partial charge < -0.3 is 0 Å². The lowest BCUT2D eigenvalue weighted by molar-refractivity contribution is 0.912. The fraction of sp³-hybridized carbons (Fsp3) is 0.125. The van der Waals surface area contributed by atoms with Crippen LogP contribution in [0.3, 0.4) is 0 Å². The van der Waals surface area contributed by atoms with E-state index in [1.165, 1.54) is 0 Å². The Morgan fingerprint density at radius 2 is 1.90 bits per heavy atom. The predicted octanol–water partition coefficient (Wildman–Crippen LogP) is 4.33. The molecule has 0 aliphatic heterocycles.